The van der Waals surface area contributed by atoms with Crippen molar-refractivity contribution in [2.75, 3.05) is 0 Å². The van der Waals surface area contributed by atoms with E-state index in [-0.39, 0.29) is 28.6 Å². The molecule has 3 aromatic carbocycles. The first-order valence-electron chi connectivity index (χ1n) is 13.1. The lowest BCUT2D eigenvalue weighted by Crippen LogP contribution is -2.32. The lowest BCUT2D eigenvalue weighted by molar-refractivity contribution is 0.100. The van der Waals surface area contributed by atoms with E-state index in [1.165, 1.54) is 17.7 Å². The number of carbonyl (C=O) groups excluding carboxylic acids is 2. The largest absolute Gasteiger partial charge is 0.507 e. The molecular weight excluding hydrogens is 524 g/mol. The van der Waals surface area contributed by atoms with Gasteiger partial charge in [-0.3, -0.25) is 9.59 Å². The Morgan fingerprint density at radius 2 is 1.80 bits per heavy atom. The number of benzene rings is 3. The molecule has 0 radical (unpaired) electrons. The molecule has 0 saturated carbocycles. The number of ketones is 2. The molecular formula is C34H29ClO5. The van der Waals surface area contributed by atoms with Crippen molar-refractivity contribution in [2.45, 2.75) is 39.2 Å². The number of ether oxygens (including phenoxy) is 1. The maximum absolute atomic E-state index is 13.3. The van der Waals surface area contributed by atoms with E-state index >= 15 is 0 Å². The van der Waals surface area contributed by atoms with Crippen molar-refractivity contribution in [1.29, 1.82) is 0 Å². The maximum atomic E-state index is 13.3. The van der Waals surface area contributed by atoms with E-state index in [0.29, 0.717) is 21.9 Å². The van der Waals surface area contributed by atoms with Gasteiger partial charge in [-0.1, -0.05) is 41.5 Å². The Bertz CT molecular complexity index is 1700. The first-order chi connectivity index (χ1) is 19.1. The zero-order valence-electron chi connectivity index (χ0n) is 22.5. The molecule has 5 rings (SSSR count). The fourth-order valence-electron chi connectivity index (χ4n) is 4.66. The Hall–Kier alpha value is -4.35. The summed E-state index contributed by atoms with van der Waals surface area (Å²) in [4.78, 5) is 26.2. The van der Waals surface area contributed by atoms with Crippen LogP contribution in [0.4, 0.5) is 0 Å². The van der Waals surface area contributed by atoms with Crippen LogP contribution in [0.1, 0.15) is 71.2 Å². The highest BCUT2D eigenvalue weighted by atomic mass is 35.5. The van der Waals surface area contributed by atoms with Gasteiger partial charge in [0.05, 0.1) is 0 Å². The van der Waals surface area contributed by atoms with Gasteiger partial charge in [0.25, 0.3) is 0 Å². The summed E-state index contributed by atoms with van der Waals surface area (Å²) in [6.45, 7) is 6.09. The number of rotatable bonds is 8. The average Bonchev–Trinajstić information content (AvgIpc) is 3.35. The number of fused-ring (bicyclic) bond motifs is 2. The zero-order valence-corrected chi connectivity index (χ0v) is 23.3. The van der Waals surface area contributed by atoms with Crippen LogP contribution < -0.4 is 4.74 Å². The van der Waals surface area contributed by atoms with Crippen LogP contribution in [0.5, 0.6) is 11.5 Å². The lowest BCUT2D eigenvalue weighted by atomic mass is 9.92. The third-order valence-electron chi connectivity index (χ3n) is 6.85. The molecule has 0 spiro atoms. The van der Waals surface area contributed by atoms with Crippen LogP contribution in [0.15, 0.2) is 88.9 Å². The molecule has 202 valence electrons. The predicted octanol–water partition coefficient (Wildman–Crippen LogP) is 8.83. The van der Waals surface area contributed by atoms with Crippen molar-refractivity contribution in [3.63, 3.8) is 0 Å². The third-order valence-corrected chi connectivity index (χ3v) is 7.11. The van der Waals surface area contributed by atoms with Crippen LogP contribution in [0.2, 0.25) is 5.02 Å². The number of aromatic hydroxyl groups is 1. The molecule has 1 aromatic heterocycles. The Morgan fingerprint density at radius 1 is 1.02 bits per heavy atom. The second-order valence-corrected chi connectivity index (χ2v) is 10.8. The highest BCUT2D eigenvalue weighted by Gasteiger charge is 2.31. The lowest BCUT2D eigenvalue weighted by Gasteiger charge is -2.32. The zero-order chi connectivity index (χ0) is 28.4. The standard InChI is InChI=1S/C34H29ClO5/c1-21(2)5-4-17-34(3)18-16-24-10-14-28(37)31(33(24)40-34)27(36)13-6-22-7-15-29-25(19-22)20-30(39-29)32(38)23-8-11-26(35)12-9-23/h5-16,18-20,37H,4,17H2,1-3H3/b13-6+. The van der Waals surface area contributed by atoms with Crippen LogP contribution in [0, 0.1) is 0 Å². The summed E-state index contributed by atoms with van der Waals surface area (Å²) in [5.41, 5.74) is 3.29. The second-order valence-electron chi connectivity index (χ2n) is 10.4. The van der Waals surface area contributed by atoms with E-state index in [1.54, 1.807) is 54.6 Å². The molecule has 1 aliphatic rings. The number of furan rings is 1. The van der Waals surface area contributed by atoms with Crippen molar-refractivity contribution in [2.24, 2.45) is 0 Å². The van der Waals surface area contributed by atoms with Crippen molar-refractivity contribution in [3.8, 4) is 11.5 Å². The first-order valence-corrected chi connectivity index (χ1v) is 13.4. The number of halogens is 1. The van der Waals surface area contributed by atoms with Crippen LogP contribution in [-0.2, 0) is 0 Å². The Morgan fingerprint density at radius 3 is 2.55 bits per heavy atom. The van der Waals surface area contributed by atoms with Gasteiger partial charge >= 0.3 is 0 Å². The van der Waals surface area contributed by atoms with Gasteiger partial charge in [0.1, 0.15) is 28.2 Å². The minimum atomic E-state index is -0.598. The predicted molar refractivity (Wildman–Crippen MR) is 159 cm³/mol. The summed E-state index contributed by atoms with van der Waals surface area (Å²) in [6.07, 6.45) is 10.8. The summed E-state index contributed by atoms with van der Waals surface area (Å²) in [7, 11) is 0. The maximum Gasteiger partial charge on any atom is 0.228 e. The third kappa shape index (κ3) is 5.80. The summed E-state index contributed by atoms with van der Waals surface area (Å²) in [5.74, 6) is -0.153. The Balaban J connectivity index is 1.37. The molecule has 1 unspecified atom stereocenters. The molecule has 1 atom stereocenters. The molecule has 0 bridgehead atoms. The number of hydrogen-bond donors (Lipinski definition) is 1. The molecule has 0 saturated heterocycles. The van der Waals surface area contributed by atoms with Gasteiger partial charge in [-0.15, -0.1) is 0 Å². The van der Waals surface area contributed by atoms with Crippen molar-refractivity contribution in [3.05, 3.63) is 118 Å². The van der Waals surface area contributed by atoms with Crippen molar-refractivity contribution in [1.82, 2.24) is 0 Å². The Labute approximate surface area is 238 Å². The SMILES string of the molecule is CC(C)=CCCC1(C)C=Cc2ccc(O)c(C(=O)/C=C/c3ccc4oc(C(=O)c5ccc(Cl)cc5)cc4c3)c2O1. The summed E-state index contributed by atoms with van der Waals surface area (Å²) >= 11 is 5.93. The molecule has 4 aromatic rings. The van der Waals surface area contributed by atoms with Gasteiger partial charge in [0.15, 0.2) is 11.5 Å². The van der Waals surface area contributed by atoms with Crippen LogP contribution in [-0.4, -0.2) is 22.3 Å². The monoisotopic (exact) mass is 552 g/mol. The van der Waals surface area contributed by atoms with Gasteiger partial charge in [0, 0.05) is 21.5 Å². The fraction of sp³-hybridized carbons (Fsp3) is 0.176. The summed E-state index contributed by atoms with van der Waals surface area (Å²) < 4.78 is 12.1. The van der Waals surface area contributed by atoms with E-state index in [2.05, 4.69) is 19.9 Å². The number of phenolic OH excluding ortho intramolecular Hbond substituents is 1. The second kappa shape index (κ2) is 11.0. The van der Waals surface area contributed by atoms with E-state index in [0.717, 1.165) is 29.4 Å². The first kappa shape index (κ1) is 27.2. The number of allylic oxidation sites excluding steroid dienone is 3. The minimum absolute atomic E-state index is 0.131. The molecule has 6 heteroatoms. The molecule has 1 aliphatic heterocycles. The number of hydrogen-bond acceptors (Lipinski definition) is 5. The normalized spacial score (nSPS) is 16.1. The molecule has 0 fully saturated rings. The van der Waals surface area contributed by atoms with Gasteiger partial charge in [-0.2, -0.15) is 0 Å². The smallest absolute Gasteiger partial charge is 0.228 e. The van der Waals surface area contributed by atoms with Crippen LogP contribution in [0.25, 0.3) is 23.1 Å². The van der Waals surface area contributed by atoms with Crippen LogP contribution in [0.3, 0.4) is 0 Å². The highest BCUT2D eigenvalue weighted by Crippen LogP contribution is 2.40. The molecule has 1 N–H and O–H groups in total. The molecule has 2 heterocycles. The Kier molecular flexibility index (Phi) is 7.51. The fourth-order valence-corrected chi connectivity index (χ4v) is 4.78. The van der Waals surface area contributed by atoms with E-state index in [1.807, 2.05) is 25.1 Å². The molecule has 0 amide bonds. The number of carbonyl (C=O) groups is 2. The topological polar surface area (TPSA) is 76.7 Å². The van der Waals surface area contributed by atoms with E-state index in [4.69, 9.17) is 20.8 Å². The molecule has 5 nitrogen and oxygen atoms in total. The minimum Gasteiger partial charge on any atom is -0.507 e. The van der Waals surface area contributed by atoms with Gasteiger partial charge in [-0.25, -0.2) is 0 Å². The summed E-state index contributed by atoms with van der Waals surface area (Å²) in [5, 5.41) is 11.9. The van der Waals surface area contributed by atoms with Crippen molar-refractivity contribution < 1.29 is 23.8 Å². The molecule has 0 aliphatic carbocycles. The number of phenols is 1. The van der Waals surface area contributed by atoms with Crippen molar-refractivity contribution >= 4 is 46.3 Å². The van der Waals surface area contributed by atoms with E-state index in [9.17, 15) is 14.7 Å². The highest BCUT2D eigenvalue weighted by molar-refractivity contribution is 6.30. The van der Waals surface area contributed by atoms with Gasteiger partial charge in [0.2, 0.25) is 5.78 Å². The quantitative estimate of drug-likeness (QED) is 0.134. The summed E-state index contributed by atoms with van der Waals surface area (Å²) in [6, 6.07) is 16.9. The molecule has 40 heavy (non-hydrogen) atoms. The van der Waals surface area contributed by atoms with Crippen LogP contribution >= 0.6 is 11.6 Å². The van der Waals surface area contributed by atoms with Gasteiger partial charge < -0.3 is 14.3 Å². The van der Waals surface area contributed by atoms with Gasteiger partial charge in [-0.05, 0) is 106 Å². The van der Waals surface area contributed by atoms with E-state index < -0.39 is 5.60 Å². The average molecular weight is 553 g/mol.